The van der Waals surface area contributed by atoms with Crippen LogP contribution in [0.15, 0.2) is 24.5 Å². The van der Waals surface area contributed by atoms with Gasteiger partial charge >= 0.3 is 0 Å². The van der Waals surface area contributed by atoms with E-state index in [9.17, 15) is 0 Å². The molecule has 2 heterocycles. The maximum Gasteiger partial charge on any atom is 0.212 e. The molecule has 0 amide bonds. The van der Waals surface area contributed by atoms with Gasteiger partial charge in [0.1, 0.15) is 0 Å². The highest BCUT2D eigenvalue weighted by molar-refractivity contribution is 5.30. The summed E-state index contributed by atoms with van der Waals surface area (Å²) in [5.74, 6) is 1.40. The van der Waals surface area contributed by atoms with Crippen LogP contribution in [0.5, 0.6) is 11.6 Å². The zero-order valence-corrected chi connectivity index (χ0v) is 12.3. The summed E-state index contributed by atoms with van der Waals surface area (Å²) in [6.45, 7) is 0. The molecule has 6 heteroatoms. The van der Waals surface area contributed by atoms with Crippen molar-refractivity contribution >= 4 is 0 Å². The minimum atomic E-state index is 0.104. The minimum absolute atomic E-state index is 0.104. The largest absolute Gasteiger partial charge is 0.493 e. The van der Waals surface area contributed by atoms with Crippen molar-refractivity contribution in [1.82, 2.24) is 20.1 Å². The smallest absolute Gasteiger partial charge is 0.212 e. The fraction of sp³-hybridized carbons (Fsp3) is 0.429. The maximum absolute atomic E-state index is 5.36. The topological polar surface area (TPSA) is 61.2 Å². The molecule has 2 aromatic heterocycles. The molecular weight excluding hydrogens is 256 g/mol. The Hall–Kier alpha value is -2.08. The molecule has 0 aromatic carbocycles. The molecule has 6 nitrogen and oxygen atoms in total. The molecule has 0 aliphatic heterocycles. The molecule has 0 aliphatic rings. The van der Waals surface area contributed by atoms with Crippen LogP contribution in [-0.2, 0) is 13.5 Å². The monoisotopic (exact) mass is 276 g/mol. The van der Waals surface area contributed by atoms with Gasteiger partial charge in [0, 0.05) is 19.3 Å². The van der Waals surface area contributed by atoms with Crippen molar-refractivity contribution in [2.24, 2.45) is 7.05 Å². The van der Waals surface area contributed by atoms with Crippen molar-refractivity contribution in [2.75, 3.05) is 21.3 Å². The molecule has 0 saturated heterocycles. The Morgan fingerprint density at radius 1 is 1.25 bits per heavy atom. The third-order valence-corrected chi connectivity index (χ3v) is 3.29. The average molecular weight is 276 g/mol. The SMILES string of the molecule is CNC(Cc1ccc(OC)nc1)c1c(OC)cnn1C. The van der Waals surface area contributed by atoms with Gasteiger partial charge in [0.15, 0.2) is 5.75 Å². The highest BCUT2D eigenvalue weighted by atomic mass is 16.5. The van der Waals surface area contributed by atoms with Crippen LogP contribution in [0.2, 0.25) is 0 Å². The zero-order chi connectivity index (χ0) is 14.5. The summed E-state index contributed by atoms with van der Waals surface area (Å²) in [4.78, 5) is 4.23. The number of rotatable bonds is 6. The van der Waals surface area contributed by atoms with E-state index in [0.717, 1.165) is 23.4 Å². The van der Waals surface area contributed by atoms with Crippen molar-refractivity contribution < 1.29 is 9.47 Å². The fourth-order valence-corrected chi connectivity index (χ4v) is 2.20. The van der Waals surface area contributed by atoms with E-state index >= 15 is 0 Å². The molecule has 20 heavy (non-hydrogen) atoms. The van der Waals surface area contributed by atoms with Crippen LogP contribution >= 0.6 is 0 Å². The number of methoxy groups -OCH3 is 2. The van der Waals surface area contributed by atoms with Crippen LogP contribution in [0, 0.1) is 0 Å². The van der Waals surface area contributed by atoms with E-state index in [1.807, 2.05) is 37.1 Å². The molecular formula is C14H20N4O2. The predicted molar refractivity (Wildman–Crippen MR) is 76.1 cm³/mol. The molecule has 1 atom stereocenters. The lowest BCUT2D eigenvalue weighted by atomic mass is 10.0. The second-order valence-electron chi connectivity index (χ2n) is 4.48. The lowest BCUT2D eigenvalue weighted by Crippen LogP contribution is -2.22. The molecule has 0 spiro atoms. The molecule has 1 N–H and O–H groups in total. The molecule has 0 aliphatic carbocycles. The number of pyridine rings is 1. The second kappa shape index (κ2) is 6.38. The van der Waals surface area contributed by atoms with Crippen LogP contribution in [0.3, 0.4) is 0 Å². The minimum Gasteiger partial charge on any atom is -0.493 e. The Morgan fingerprint density at radius 3 is 2.60 bits per heavy atom. The summed E-state index contributed by atoms with van der Waals surface area (Å²) in [5.41, 5.74) is 2.14. The van der Waals surface area contributed by atoms with Crippen LogP contribution < -0.4 is 14.8 Å². The van der Waals surface area contributed by atoms with Crippen LogP contribution in [0.25, 0.3) is 0 Å². The van der Waals surface area contributed by atoms with Gasteiger partial charge in [0.05, 0.1) is 32.2 Å². The Morgan fingerprint density at radius 2 is 2.05 bits per heavy atom. The van der Waals surface area contributed by atoms with Gasteiger partial charge in [-0.15, -0.1) is 0 Å². The number of nitrogens with one attached hydrogen (secondary N) is 1. The van der Waals surface area contributed by atoms with Crippen LogP contribution in [-0.4, -0.2) is 36.0 Å². The lowest BCUT2D eigenvalue weighted by Gasteiger charge is -2.18. The highest BCUT2D eigenvalue weighted by Crippen LogP contribution is 2.26. The number of nitrogens with zero attached hydrogens (tertiary/aromatic N) is 3. The average Bonchev–Trinajstić information content (AvgIpc) is 2.86. The van der Waals surface area contributed by atoms with E-state index < -0.39 is 0 Å². The van der Waals surface area contributed by atoms with E-state index in [2.05, 4.69) is 15.4 Å². The van der Waals surface area contributed by atoms with Crippen molar-refractivity contribution in [3.05, 3.63) is 35.8 Å². The number of hydrogen-bond donors (Lipinski definition) is 1. The van der Waals surface area contributed by atoms with Crippen molar-refractivity contribution in [3.63, 3.8) is 0 Å². The van der Waals surface area contributed by atoms with Gasteiger partial charge in [0.25, 0.3) is 0 Å². The first-order chi connectivity index (χ1) is 9.69. The lowest BCUT2D eigenvalue weighted by molar-refractivity contribution is 0.394. The first-order valence-corrected chi connectivity index (χ1v) is 6.41. The Kier molecular flexibility index (Phi) is 4.57. The van der Waals surface area contributed by atoms with Crippen molar-refractivity contribution in [2.45, 2.75) is 12.5 Å². The van der Waals surface area contributed by atoms with E-state index in [0.29, 0.717) is 5.88 Å². The van der Waals surface area contributed by atoms with Gasteiger partial charge < -0.3 is 14.8 Å². The number of aryl methyl sites for hydroxylation is 1. The van der Waals surface area contributed by atoms with E-state index in [1.165, 1.54) is 0 Å². The third kappa shape index (κ3) is 2.91. The van der Waals surface area contributed by atoms with Gasteiger partial charge in [-0.1, -0.05) is 6.07 Å². The van der Waals surface area contributed by atoms with Gasteiger partial charge in [-0.25, -0.2) is 4.98 Å². The van der Waals surface area contributed by atoms with Crippen molar-refractivity contribution in [3.8, 4) is 11.6 Å². The molecule has 0 fully saturated rings. The fourth-order valence-electron chi connectivity index (χ4n) is 2.20. The number of ether oxygens (including phenoxy) is 2. The van der Waals surface area contributed by atoms with E-state index in [4.69, 9.17) is 9.47 Å². The van der Waals surface area contributed by atoms with E-state index in [-0.39, 0.29) is 6.04 Å². The number of hydrogen-bond acceptors (Lipinski definition) is 5. The first kappa shape index (κ1) is 14.3. The quantitative estimate of drug-likeness (QED) is 0.862. The summed E-state index contributed by atoms with van der Waals surface area (Å²) in [6, 6.07) is 3.98. The predicted octanol–water partition coefficient (Wildman–Crippen LogP) is 1.34. The zero-order valence-electron chi connectivity index (χ0n) is 12.3. The van der Waals surface area contributed by atoms with Crippen LogP contribution in [0.4, 0.5) is 0 Å². The van der Waals surface area contributed by atoms with Gasteiger partial charge in [-0.05, 0) is 19.0 Å². The summed E-state index contributed by atoms with van der Waals surface area (Å²) in [7, 11) is 7.10. The molecule has 0 radical (unpaired) electrons. The summed E-state index contributed by atoms with van der Waals surface area (Å²) in [6.07, 6.45) is 4.35. The Bertz CT molecular complexity index is 551. The third-order valence-electron chi connectivity index (χ3n) is 3.29. The molecule has 1 unspecified atom stereocenters. The standard InChI is InChI=1S/C14H20N4O2/c1-15-11(14-12(19-3)9-17-18(14)2)7-10-5-6-13(20-4)16-8-10/h5-6,8-9,11,15H,7H2,1-4H3. The van der Waals surface area contributed by atoms with Crippen LogP contribution in [0.1, 0.15) is 17.3 Å². The maximum atomic E-state index is 5.36. The van der Waals surface area contributed by atoms with E-state index in [1.54, 1.807) is 20.4 Å². The summed E-state index contributed by atoms with van der Waals surface area (Å²) < 4.78 is 12.3. The molecule has 0 bridgehead atoms. The van der Waals surface area contributed by atoms with Gasteiger partial charge in [-0.2, -0.15) is 5.10 Å². The molecule has 0 saturated carbocycles. The summed E-state index contributed by atoms with van der Waals surface area (Å²) >= 11 is 0. The second-order valence-corrected chi connectivity index (χ2v) is 4.48. The van der Waals surface area contributed by atoms with Crippen molar-refractivity contribution in [1.29, 1.82) is 0 Å². The Balaban J connectivity index is 2.21. The number of likely N-dealkylation sites (N-methyl/N-ethyl adjacent to an activating group) is 1. The molecule has 2 rings (SSSR count). The molecule has 2 aromatic rings. The normalized spacial score (nSPS) is 12.2. The highest BCUT2D eigenvalue weighted by Gasteiger charge is 2.19. The molecule has 108 valence electrons. The van der Waals surface area contributed by atoms with Gasteiger partial charge in [0.2, 0.25) is 5.88 Å². The first-order valence-electron chi connectivity index (χ1n) is 6.41. The summed E-state index contributed by atoms with van der Waals surface area (Å²) in [5, 5.41) is 7.54. The Labute approximate surface area is 118 Å². The van der Waals surface area contributed by atoms with Gasteiger partial charge in [-0.3, -0.25) is 4.68 Å². The number of aromatic nitrogens is 3.